The van der Waals surface area contributed by atoms with Crippen molar-refractivity contribution in [2.24, 2.45) is 5.16 Å². The Morgan fingerprint density at radius 2 is 1.90 bits per heavy atom. The summed E-state index contributed by atoms with van der Waals surface area (Å²) in [5.41, 5.74) is 1.36. The number of rotatable bonds is 7. The fraction of sp³-hybridized carbons (Fsp3) is 0.111. The predicted molar refractivity (Wildman–Crippen MR) is 118 cm³/mol. The fourth-order valence-corrected chi connectivity index (χ4v) is 3.03. The Morgan fingerprint density at radius 3 is 2.60 bits per heavy atom. The maximum Gasteiger partial charge on any atom is 0.203 e. The van der Waals surface area contributed by atoms with Gasteiger partial charge in [0.2, 0.25) is 11.7 Å². The van der Waals surface area contributed by atoms with E-state index in [0.29, 0.717) is 18.8 Å². The van der Waals surface area contributed by atoms with Crippen LogP contribution < -0.4 is 16.0 Å². The minimum Gasteiger partial charge on any atom is -0.409 e. The first kappa shape index (κ1) is 21.7. The van der Waals surface area contributed by atoms with Crippen LogP contribution in [0.15, 0.2) is 61.2 Å². The molecule has 0 saturated heterocycles. The summed E-state index contributed by atoms with van der Waals surface area (Å²) < 4.78 is 19.3. The number of amidine groups is 2. The molecule has 0 fully saturated rings. The molecule has 0 spiro atoms. The van der Waals surface area contributed by atoms with Gasteiger partial charge in [0.25, 0.3) is 0 Å². The topological polar surface area (TPSA) is 131 Å². The number of oxime groups is 1. The van der Waals surface area contributed by atoms with E-state index in [2.05, 4.69) is 63.3 Å². The molecule has 0 atom stereocenters. The number of halogens is 3. The third-order valence-electron chi connectivity index (χ3n) is 3.85. The van der Waals surface area contributed by atoms with Gasteiger partial charge < -0.3 is 21.2 Å². The standard InChI is InChI=1S/C18H16Br2FN7O2/c19-11-3-1-10(2-4-11)16(22)23-7-8-24-17-15(27-30-28-17)18(26-29)25-12-5-6-14(21)13(20)9-12/h1-6,9,29H,7-8H2,(H2,22,23)(H,24,28)(H,25,26). The van der Waals surface area contributed by atoms with Gasteiger partial charge in [0.15, 0.2) is 5.69 Å². The molecule has 1 aromatic heterocycles. The Morgan fingerprint density at radius 1 is 1.13 bits per heavy atom. The zero-order valence-corrected chi connectivity index (χ0v) is 18.5. The van der Waals surface area contributed by atoms with E-state index in [-0.39, 0.29) is 27.7 Å². The molecule has 30 heavy (non-hydrogen) atoms. The summed E-state index contributed by atoms with van der Waals surface area (Å²) >= 11 is 6.45. The molecule has 0 aliphatic carbocycles. The molecule has 0 aliphatic rings. The summed E-state index contributed by atoms with van der Waals surface area (Å²) in [5, 5.41) is 36.9. The van der Waals surface area contributed by atoms with Gasteiger partial charge in [0, 0.05) is 28.8 Å². The molecular weight excluding hydrogens is 525 g/mol. The van der Waals surface area contributed by atoms with E-state index in [1.165, 1.54) is 18.2 Å². The highest BCUT2D eigenvalue weighted by molar-refractivity contribution is 9.10. The Balaban J connectivity index is 1.57. The van der Waals surface area contributed by atoms with E-state index in [1.807, 2.05) is 24.3 Å². The van der Waals surface area contributed by atoms with Crippen LogP contribution in [-0.4, -0.2) is 40.3 Å². The first-order chi connectivity index (χ1) is 14.5. The smallest absolute Gasteiger partial charge is 0.203 e. The van der Waals surface area contributed by atoms with E-state index in [9.17, 15) is 9.60 Å². The molecule has 12 heteroatoms. The monoisotopic (exact) mass is 539 g/mol. The molecule has 0 aliphatic heterocycles. The molecule has 2 aromatic carbocycles. The maximum atomic E-state index is 13.4. The number of benzene rings is 2. The molecule has 3 aromatic rings. The second-order valence-electron chi connectivity index (χ2n) is 5.90. The van der Waals surface area contributed by atoms with Crippen LogP contribution in [0.1, 0.15) is 11.3 Å². The first-order valence-corrected chi connectivity index (χ1v) is 10.2. The quantitative estimate of drug-likeness (QED) is 0.101. The van der Waals surface area contributed by atoms with E-state index >= 15 is 0 Å². The van der Waals surface area contributed by atoms with Crippen molar-refractivity contribution < 1.29 is 14.2 Å². The normalized spacial score (nSPS) is 11.2. The fourth-order valence-electron chi connectivity index (χ4n) is 2.39. The zero-order valence-electron chi connectivity index (χ0n) is 15.3. The molecule has 0 radical (unpaired) electrons. The van der Waals surface area contributed by atoms with Crippen LogP contribution in [0, 0.1) is 11.2 Å². The van der Waals surface area contributed by atoms with Crippen molar-refractivity contribution >= 4 is 55.0 Å². The second kappa shape index (κ2) is 10.2. The van der Waals surface area contributed by atoms with Gasteiger partial charge in [0.05, 0.1) is 4.47 Å². The summed E-state index contributed by atoms with van der Waals surface area (Å²) in [6.45, 7) is 0.812. The molecule has 0 bridgehead atoms. The molecule has 9 nitrogen and oxygen atoms in total. The van der Waals surface area contributed by atoms with Crippen LogP contribution in [0.2, 0.25) is 0 Å². The second-order valence-corrected chi connectivity index (χ2v) is 7.67. The lowest BCUT2D eigenvalue weighted by Crippen LogP contribution is -2.29. The van der Waals surface area contributed by atoms with Gasteiger partial charge in [0.1, 0.15) is 11.7 Å². The molecule has 1 heterocycles. The van der Waals surface area contributed by atoms with Crippen molar-refractivity contribution in [3.63, 3.8) is 0 Å². The van der Waals surface area contributed by atoms with E-state index in [1.54, 1.807) is 0 Å². The van der Waals surface area contributed by atoms with E-state index in [4.69, 9.17) is 10.0 Å². The van der Waals surface area contributed by atoms with E-state index < -0.39 is 5.82 Å². The Bertz CT molecular complexity index is 1060. The Kier molecular flexibility index (Phi) is 7.36. The molecule has 0 saturated carbocycles. The van der Waals surface area contributed by atoms with Crippen LogP contribution in [0.25, 0.3) is 0 Å². The third kappa shape index (κ3) is 5.54. The number of aromatic nitrogens is 2. The molecule has 156 valence electrons. The van der Waals surface area contributed by atoms with Gasteiger partial charge in [-0.1, -0.05) is 33.2 Å². The van der Waals surface area contributed by atoms with Crippen LogP contribution in [0.4, 0.5) is 15.9 Å². The molecule has 5 N–H and O–H groups in total. The summed E-state index contributed by atoms with van der Waals surface area (Å²) in [6, 6.07) is 11.6. The van der Waals surface area contributed by atoms with E-state index in [0.717, 1.165) is 10.0 Å². The van der Waals surface area contributed by atoms with Crippen molar-refractivity contribution in [3.05, 3.63) is 68.5 Å². The highest BCUT2D eigenvalue weighted by Gasteiger charge is 2.18. The van der Waals surface area contributed by atoms with Gasteiger partial charge in [-0.2, -0.15) is 0 Å². The average Bonchev–Trinajstić information content (AvgIpc) is 3.20. The summed E-state index contributed by atoms with van der Waals surface area (Å²) in [5.74, 6) is 0.0694. The number of hydrogen-bond donors (Lipinski definition) is 5. The lowest BCUT2D eigenvalue weighted by Gasteiger charge is -2.10. The lowest BCUT2D eigenvalue weighted by molar-refractivity contribution is 0.305. The zero-order chi connectivity index (χ0) is 21.5. The molecule has 3 rings (SSSR count). The largest absolute Gasteiger partial charge is 0.409 e. The van der Waals surface area contributed by atoms with Gasteiger partial charge in [-0.15, -0.1) is 0 Å². The minimum atomic E-state index is -0.422. The Hall–Kier alpha value is -2.99. The van der Waals surface area contributed by atoms with Crippen LogP contribution in [0.5, 0.6) is 0 Å². The van der Waals surface area contributed by atoms with Crippen LogP contribution in [0.3, 0.4) is 0 Å². The van der Waals surface area contributed by atoms with Gasteiger partial charge in [-0.25, -0.2) is 9.02 Å². The number of nitrogens with one attached hydrogen (secondary N) is 4. The number of anilines is 2. The van der Waals surface area contributed by atoms with Gasteiger partial charge >= 0.3 is 0 Å². The SMILES string of the molecule is N=C(NCCNc1nonc1/C(=N/O)Nc1ccc(F)c(Br)c1)c1ccc(Br)cc1. The van der Waals surface area contributed by atoms with Crippen molar-refractivity contribution in [2.75, 3.05) is 23.7 Å². The van der Waals surface area contributed by atoms with Gasteiger partial charge in [-0.05, 0) is 56.6 Å². The molecule has 0 unspecified atom stereocenters. The molecule has 0 amide bonds. The first-order valence-electron chi connectivity index (χ1n) is 8.57. The lowest BCUT2D eigenvalue weighted by atomic mass is 10.2. The maximum absolute atomic E-state index is 13.4. The van der Waals surface area contributed by atoms with Crippen LogP contribution >= 0.6 is 31.9 Å². The highest BCUT2D eigenvalue weighted by Crippen LogP contribution is 2.21. The highest BCUT2D eigenvalue weighted by atomic mass is 79.9. The van der Waals surface area contributed by atoms with Gasteiger partial charge in [-0.3, -0.25) is 5.41 Å². The third-order valence-corrected chi connectivity index (χ3v) is 4.98. The van der Waals surface area contributed by atoms with Crippen molar-refractivity contribution in [3.8, 4) is 0 Å². The number of hydrogen-bond acceptors (Lipinski definition) is 7. The predicted octanol–water partition coefficient (Wildman–Crippen LogP) is 4.01. The summed E-state index contributed by atoms with van der Waals surface area (Å²) in [6.07, 6.45) is 0. The Labute approximate surface area is 187 Å². The van der Waals surface area contributed by atoms with Crippen LogP contribution in [-0.2, 0) is 0 Å². The van der Waals surface area contributed by atoms with Crippen molar-refractivity contribution in [2.45, 2.75) is 0 Å². The van der Waals surface area contributed by atoms with Crippen molar-refractivity contribution in [1.82, 2.24) is 15.6 Å². The average molecular weight is 541 g/mol. The minimum absolute atomic E-state index is 0.0344. The van der Waals surface area contributed by atoms with Crippen molar-refractivity contribution in [1.29, 1.82) is 5.41 Å². The molecular formula is C18H16Br2FN7O2. The number of nitrogens with zero attached hydrogens (tertiary/aromatic N) is 3. The summed E-state index contributed by atoms with van der Waals surface area (Å²) in [7, 11) is 0. The summed E-state index contributed by atoms with van der Waals surface area (Å²) in [4.78, 5) is 0.